The minimum absolute atomic E-state index is 0.0327. The van der Waals surface area contributed by atoms with Gasteiger partial charge >= 0.3 is 0 Å². The average Bonchev–Trinajstić information content (AvgIpc) is 3.24. The summed E-state index contributed by atoms with van der Waals surface area (Å²) < 4.78 is 6.46. The molecule has 156 valence electrons. The summed E-state index contributed by atoms with van der Waals surface area (Å²) in [6.45, 7) is 5.85. The minimum atomic E-state index is 0.0327. The van der Waals surface area contributed by atoms with Crippen molar-refractivity contribution in [2.45, 2.75) is 49.8 Å². The second-order valence-corrected chi connectivity index (χ2v) is 9.44. The third-order valence-electron chi connectivity index (χ3n) is 7.32. The van der Waals surface area contributed by atoms with Gasteiger partial charge in [-0.2, -0.15) is 0 Å². The first kappa shape index (κ1) is 19.3. The minimum Gasteiger partial charge on any atom is -0.372 e. The highest BCUT2D eigenvalue weighted by Crippen LogP contribution is 2.44. The van der Waals surface area contributed by atoms with E-state index in [1.165, 1.54) is 18.4 Å². The number of carbonyl (C=O) groups excluding carboxylic acids is 1. The fourth-order valence-electron chi connectivity index (χ4n) is 6.01. The Balaban J connectivity index is 1.18. The lowest BCUT2D eigenvalue weighted by Crippen LogP contribution is -2.60. The quantitative estimate of drug-likeness (QED) is 0.832. The van der Waals surface area contributed by atoms with Gasteiger partial charge < -0.3 is 10.1 Å². The van der Waals surface area contributed by atoms with Gasteiger partial charge in [0.2, 0.25) is 5.91 Å². The van der Waals surface area contributed by atoms with Crippen LogP contribution in [0.2, 0.25) is 0 Å². The van der Waals surface area contributed by atoms with Crippen molar-refractivity contribution in [3.05, 3.63) is 42.0 Å². The standard InChI is InChI=1S/C24H33N3O2/c28-23-13-20(16-25-23)17-27-21-8-9-22(27)15-24(14-21)18-26(11-12-29-24)10-4-7-19-5-2-1-3-6-19/h1-7,20-22H,8-18H2,(H,25,28)/b7-4+/t20?,21-,22+,24?. The van der Waals surface area contributed by atoms with Gasteiger partial charge in [0.25, 0.3) is 0 Å². The summed E-state index contributed by atoms with van der Waals surface area (Å²) in [4.78, 5) is 16.9. The molecule has 29 heavy (non-hydrogen) atoms. The molecule has 4 atom stereocenters. The first-order valence-corrected chi connectivity index (χ1v) is 11.3. The number of amides is 1. The number of nitrogens with one attached hydrogen (secondary N) is 1. The number of ether oxygens (including phenoxy) is 1. The zero-order valence-electron chi connectivity index (χ0n) is 17.3. The van der Waals surface area contributed by atoms with Crippen LogP contribution in [0.5, 0.6) is 0 Å². The molecule has 4 aliphatic rings. The van der Waals surface area contributed by atoms with Crippen LogP contribution in [0.25, 0.3) is 6.08 Å². The number of hydrogen-bond acceptors (Lipinski definition) is 4. The van der Waals surface area contributed by atoms with Gasteiger partial charge in [0.15, 0.2) is 0 Å². The molecule has 0 aliphatic carbocycles. The van der Waals surface area contributed by atoms with E-state index >= 15 is 0 Å². The van der Waals surface area contributed by atoms with E-state index in [0.29, 0.717) is 24.4 Å². The van der Waals surface area contributed by atoms with Crippen molar-refractivity contribution in [1.29, 1.82) is 0 Å². The smallest absolute Gasteiger partial charge is 0.220 e. The molecule has 4 fully saturated rings. The summed E-state index contributed by atoms with van der Waals surface area (Å²) in [6.07, 6.45) is 10.1. The van der Waals surface area contributed by atoms with E-state index in [1.54, 1.807) is 0 Å². The fraction of sp³-hybridized carbons (Fsp3) is 0.625. The van der Waals surface area contributed by atoms with E-state index < -0.39 is 0 Å². The first-order valence-electron chi connectivity index (χ1n) is 11.3. The van der Waals surface area contributed by atoms with E-state index in [9.17, 15) is 4.79 Å². The summed E-state index contributed by atoms with van der Waals surface area (Å²) in [7, 11) is 0. The second-order valence-electron chi connectivity index (χ2n) is 9.44. The van der Waals surface area contributed by atoms with Crippen molar-refractivity contribution < 1.29 is 9.53 Å². The van der Waals surface area contributed by atoms with Gasteiger partial charge in [0.1, 0.15) is 0 Å². The van der Waals surface area contributed by atoms with Crippen LogP contribution in [-0.4, -0.2) is 72.7 Å². The van der Waals surface area contributed by atoms with Crippen LogP contribution in [0.15, 0.2) is 36.4 Å². The van der Waals surface area contributed by atoms with Gasteiger partial charge in [0.05, 0.1) is 12.2 Å². The number of fused-ring (bicyclic) bond motifs is 2. The highest BCUT2D eigenvalue weighted by atomic mass is 16.5. The summed E-state index contributed by atoms with van der Waals surface area (Å²) >= 11 is 0. The number of hydrogen-bond donors (Lipinski definition) is 1. The highest BCUT2D eigenvalue weighted by Gasteiger charge is 2.51. The molecule has 2 unspecified atom stereocenters. The van der Waals surface area contributed by atoms with Crippen molar-refractivity contribution in [2.24, 2.45) is 5.92 Å². The van der Waals surface area contributed by atoms with Crippen LogP contribution in [0.3, 0.4) is 0 Å². The molecule has 4 aliphatic heterocycles. The maximum atomic E-state index is 11.6. The predicted octanol–water partition coefficient (Wildman–Crippen LogP) is 2.53. The topological polar surface area (TPSA) is 44.8 Å². The second kappa shape index (κ2) is 8.21. The Bertz CT molecular complexity index is 736. The van der Waals surface area contributed by atoms with Gasteiger partial charge in [-0.3, -0.25) is 14.6 Å². The fourth-order valence-corrected chi connectivity index (χ4v) is 6.01. The Kier molecular flexibility index (Phi) is 5.46. The van der Waals surface area contributed by atoms with Crippen LogP contribution >= 0.6 is 0 Å². The monoisotopic (exact) mass is 395 g/mol. The number of rotatable bonds is 5. The first-order chi connectivity index (χ1) is 14.2. The zero-order chi connectivity index (χ0) is 19.7. The van der Waals surface area contributed by atoms with Crippen molar-refractivity contribution in [1.82, 2.24) is 15.1 Å². The van der Waals surface area contributed by atoms with Crippen LogP contribution in [0, 0.1) is 5.92 Å². The predicted molar refractivity (Wildman–Crippen MR) is 114 cm³/mol. The number of carbonyl (C=O) groups is 1. The third kappa shape index (κ3) is 4.27. The lowest BCUT2D eigenvalue weighted by Gasteiger charge is -2.51. The molecule has 4 saturated heterocycles. The van der Waals surface area contributed by atoms with Crippen molar-refractivity contribution >= 4 is 12.0 Å². The van der Waals surface area contributed by atoms with E-state index in [0.717, 1.165) is 52.2 Å². The third-order valence-corrected chi connectivity index (χ3v) is 7.32. The lowest BCUT2D eigenvalue weighted by molar-refractivity contribution is -0.149. The van der Waals surface area contributed by atoms with Crippen LogP contribution in [0.1, 0.15) is 37.7 Å². The maximum absolute atomic E-state index is 11.6. The Hall–Kier alpha value is -1.69. The summed E-state index contributed by atoms with van der Waals surface area (Å²) in [6, 6.07) is 11.8. The Morgan fingerprint density at radius 1 is 1.17 bits per heavy atom. The van der Waals surface area contributed by atoms with Gasteiger partial charge in [-0.1, -0.05) is 42.5 Å². The van der Waals surface area contributed by atoms with E-state index in [4.69, 9.17) is 4.74 Å². The molecule has 5 rings (SSSR count). The van der Waals surface area contributed by atoms with Gasteiger partial charge in [-0.25, -0.2) is 0 Å². The summed E-state index contributed by atoms with van der Waals surface area (Å²) in [5.74, 6) is 0.720. The van der Waals surface area contributed by atoms with Crippen molar-refractivity contribution in [3.8, 4) is 0 Å². The van der Waals surface area contributed by atoms with Crippen LogP contribution < -0.4 is 5.32 Å². The highest BCUT2D eigenvalue weighted by molar-refractivity contribution is 5.78. The maximum Gasteiger partial charge on any atom is 0.220 e. The van der Waals surface area contributed by atoms with Gasteiger partial charge in [0, 0.05) is 51.2 Å². The Morgan fingerprint density at radius 3 is 2.69 bits per heavy atom. The summed E-state index contributed by atoms with van der Waals surface area (Å²) in [5.41, 5.74) is 1.30. The lowest BCUT2D eigenvalue weighted by atomic mass is 9.83. The van der Waals surface area contributed by atoms with Gasteiger partial charge in [-0.05, 0) is 37.2 Å². The largest absolute Gasteiger partial charge is 0.372 e. The molecule has 2 bridgehead atoms. The molecular formula is C24H33N3O2. The number of morpholine rings is 1. The number of benzene rings is 1. The van der Waals surface area contributed by atoms with E-state index in [1.807, 2.05) is 0 Å². The van der Waals surface area contributed by atoms with Crippen LogP contribution in [-0.2, 0) is 9.53 Å². The number of nitrogens with zero attached hydrogens (tertiary/aromatic N) is 2. The molecule has 1 N–H and O–H groups in total. The van der Waals surface area contributed by atoms with E-state index in [2.05, 4.69) is 57.6 Å². The van der Waals surface area contributed by atoms with E-state index in [-0.39, 0.29) is 11.5 Å². The Morgan fingerprint density at radius 2 is 1.97 bits per heavy atom. The molecule has 4 heterocycles. The average molecular weight is 396 g/mol. The molecule has 0 radical (unpaired) electrons. The molecule has 0 saturated carbocycles. The van der Waals surface area contributed by atoms with Gasteiger partial charge in [-0.15, -0.1) is 0 Å². The molecule has 5 heteroatoms. The zero-order valence-corrected chi connectivity index (χ0v) is 17.3. The van der Waals surface area contributed by atoms with Crippen molar-refractivity contribution in [3.63, 3.8) is 0 Å². The molecule has 1 amide bonds. The molecule has 5 nitrogen and oxygen atoms in total. The molecule has 0 aromatic heterocycles. The SMILES string of the molecule is O=C1CC(CN2[C@@H]3CC[C@H]2CC2(C3)CN(C/C=C/c3ccccc3)CCO2)CN1. The molecule has 1 spiro atoms. The normalized spacial score (nSPS) is 35.6. The van der Waals surface area contributed by atoms with Crippen LogP contribution in [0.4, 0.5) is 0 Å². The molecule has 1 aromatic carbocycles. The number of piperidine rings is 1. The molecule has 1 aromatic rings. The van der Waals surface area contributed by atoms with Crippen molar-refractivity contribution in [2.75, 3.05) is 39.3 Å². The summed E-state index contributed by atoms with van der Waals surface area (Å²) in [5, 5.41) is 3.00. The molecular weight excluding hydrogens is 362 g/mol. The Labute approximate surface area is 174 Å².